The van der Waals surface area contributed by atoms with Gasteiger partial charge < -0.3 is 30.4 Å². The first-order valence-corrected chi connectivity index (χ1v) is 6.73. The van der Waals surface area contributed by atoms with E-state index in [0.717, 1.165) is 0 Å². The Morgan fingerprint density at radius 3 is 2.75 bits per heavy atom. The molecule has 3 unspecified atom stereocenters. The zero-order chi connectivity index (χ0) is 14.4. The summed E-state index contributed by atoms with van der Waals surface area (Å²) in [6, 6.07) is 0. The molecule has 1 saturated heterocycles. The molecule has 0 aliphatic carbocycles. The van der Waals surface area contributed by atoms with Gasteiger partial charge in [-0.1, -0.05) is 0 Å². The molecular formula is C11H13BrN4O4. The highest BCUT2D eigenvalue weighted by Gasteiger charge is 2.44. The summed E-state index contributed by atoms with van der Waals surface area (Å²) in [5, 5.41) is 29.6. The largest absolute Gasteiger partial charge is 0.394 e. The molecule has 5 N–H and O–H groups in total. The Morgan fingerprint density at radius 1 is 1.35 bits per heavy atom. The fourth-order valence-electron chi connectivity index (χ4n) is 2.37. The fourth-order valence-corrected chi connectivity index (χ4v) is 2.97. The zero-order valence-electron chi connectivity index (χ0n) is 10.2. The van der Waals surface area contributed by atoms with E-state index in [1.165, 1.54) is 6.33 Å². The second-order valence-electron chi connectivity index (χ2n) is 4.57. The van der Waals surface area contributed by atoms with E-state index in [4.69, 9.17) is 15.6 Å². The van der Waals surface area contributed by atoms with Crippen LogP contribution < -0.4 is 5.73 Å². The van der Waals surface area contributed by atoms with Gasteiger partial charge in [0.05, 0.1) is 12.0 Å². The Balaban J connectivity index is 2.10. The van der Waals surface area contributed by atoms with E-state index in [1.54, 1.807) is 10.8 Å². The summed E-state index contributed by atoms with van der Waals surface area (Å²) in [5.74, 6) is 0.298. The van der Waals surface area contributed by atoms with E-state index in [2.05, 4.69) is 25.9 Å². The Labute approximate surface area is 121 Å². The Morgan fingerprint density at radius 2 is 2.10 bits per heavy atom. The predicted molar refractivity (Wildman–Crippen MR) is 72.6 cm³/mol. The van der Waals surface area contributed by atoms with Crippen LogP contribution in [0.1, 0.15) is 6.23 Å². The highest BCUT2D eigenvalue weighted by molar-refractivity contribution is 9.10. The number of aliphatic hydroxyl groups is 3. The van der Waals surface area contributed by atoms with Crippen molar-refractivity contribution >= 4 is 32.8 Å². The molecular weight excluding hydrogens is 332 g/mol. The Kier molecular flexibility index (Phi) is 3.38. The first-order valence-electron chi connectivity index (χ1n) is 5.93. The summed E-state index contributed by atoms with van der Waals surface area (Å²) in [6.07, 6.45) is -1.08. The third-order valence-corrected chi connectivity index (χ3v) is 3.98. The van der Waals surface area contributed by atoms with Crippen LogP contribution in [-0.2, 0) is 4.74 Å². The number of aliphatic hydroxyl groups excluding tert-OH is 3. The molecule has 0 amide bonds. The number of nitrogens with zero attached hydrogens (tertiary/aromatic N) is 3. The SMILES string of the molecule is Nc1ncnc2c1c(Br)cn2C1OC(CO)[C@H](O)C1O. The third kappa shape index (κ3) is 1.90. The van der Waals surface area contributed by atoms with E-state index in [9.17, 15) is 10.2 Å². The van der Waals surface area contributed by atoms with Crippen molar-refractivity contribution in [1.82, 2.24) is 14.5 Å². The average molecular weight is 345 g/mol. The summed E-state index contributed by atoms with van der Waals surface area (Å²) < 4.78 is 7.69. The van der Waals surface area contributed by atoms with Gasteiger partial charge in [0.1, 0.15) is 36.1 Å². The Bertz CT molecular complexity index is 649. The van der Waals surface area contributed by atoms with Crippen LogP contribution in [0.3, 0.4) is 0 Å². The molecule has 3 rings (SSSR count). The van der Waals surface area contributed by atoms with Crippen molar-refractivity contribution in [2.45, 2.75) is 24.5 Å². The van der Waals surface area contributed by atoms with Crippen molar-refractivity contribution in [2.24, 2.45) is 0 Å². The second-order valence-corrected chi connectivity index (χ2v) is 5.43. The van der Waals surface area contributed by atoms with Crippen molar-refractivity contribution < 1.29 is 20.1 Å². The number of aromatic nitrogens is 3. The van der Waals surface area contributed by atoms with Crippen LogP contribution in [0, 0.1) is 0 Å². The lowest BCUT2D eigenvalue weighted by atomic mass is 10.1. The van der Waals surface area contributed by atoms with Crippen molar-refractivity contribution in [2.75, 3.05) is 12.3 Å². The molecule has 9 heteroatoms. The van der Waals surface area contributed by atoms with Gasteiger partial charge in [-0.15, -0.1) is 0 Å². The molecule has 0 bridgehead atoms. The molecule has 8 nitrogen and oxygen atoms in total. The van der Waals surface area contributed by atoms with E-state index in [1.807, 2.05) is 0 Å². The van der Waals surface area contributed by atoms with E-state index < -0.39 is 24.5 Å². The first-order chi connectivity index (χ1) is 9.54. The van der Waals surface area contributed by atoms with Gasteiger partial charge in [0, 0.05) is 10.7 Å². The van der Waals surface area contributed by atoms with Gasteiger partial charge in [0.25, 0.3) is 0 Å². The van der Waals surface area contributed by atoms with Crippen LogP contribution in [-0.4, -0.2) is 54.8 Å². The first kappa shape index (κ1) is 13.7. The maximum atomic E-state index is 10.1. The Hall–Kier alpha value is -1.26. The van der Waals surface area contributed by atoms with Crippen LogP contribution in [0.2, 0.25) is 0 Å². The molecule has 1 aliphatic heterocycles. The van der Waals surface area contributed by atoms with Gasteiger partial charge >= 0.3 is 0 Å². The number of rotatable bonds is 2. The molecule has 0 saturated carbocycles. The topological polar surface area (TPSA) is 127 Å². The molecule has 0 spiro atoms. The molecule has 2 aromatic heterocycles. The maximum absolute atomic E-state index is 10.1. The monoisotopic (exact) mass is 344 g/mol. The summed E-state index contributed by atoms with van der Waals surface area (Å²) in [5.41, 5.74) is 6.27. The quantitative estimate of drug-likeness (QED) is 0.572. The van der Waals surface area contributed by atoms with Gasteiger partial charge in [-0.3, -0.25) is 0 Å². The smallest absolute Gasteiger partial charge is 0.164 e. The summed E-state index contributed by atoms with van der Waals surface area (Å²) in [6.45, 7) is -0.383. The number of hydrogen-bond acceptors (Lipinski definition) is 7. The van der Waals surface area contributed by atoms with Crippen molar-refractivity contribution in [1.29, 1.82) is 0 Å². The standard InChI is InChI=1S/C11H13BrN4O4/c12-4-1-16(10-6(4)9(13)14-3-15-10)11-8(19)7(18)5(2-17)20-11/h1,3,5,7-8,11,17-19H,2H2,(H2,13,14,15)/t5?,7-,8?,11?/m0/s1. The second kappa shape index (κ2) is 4.93. The lowest BCUT2D eigenvalue weighted by Crippen LogP contribution is -2.33. The van der Waals surface area contributed by atoms with Crippen LogP contribution in [0.15, 0.2) is 17.0 Å². The minimum atomic E-state index is -1.18. The fraction of sp³-hybridized carbons (Fsp3) is 0.455. The van der Waals surface area contributed by atoms with Crippen LogP contribution >= 0.6 is 15.9 Å². The lowest BCUT2D eigenvalue weighted by molar-refractivity contribution is -0.0509. The van der Waals surface area contributed by atoms with Crippen LogP contribution in [0.4, 0.5) is 5.82 Å². The molecule has 1 fully saturated rings. The van der Waals surface area contributed by atoms with E-state index in [0.29, 0.717) is 21.3 Å². The number of anilines is 1. The minimum absolute atomic E-state index is 0.298. The van der Waals surface area contributed by atoms with Crippen LogP contribution in [0.25, 0.3) is 11.0 Å². The van der Waals surface area contributed by atoms with Gasteiger partial charge in [0.15, 0.2) is 6.23 Å². The number of ether oxygens (including phenoxy) is 1. The maximum Gasteiger partial charge on any atom is 0.164 e. The molecule has 0 radical (unpaired) electrons. The lowest BCUT2D eigenvalue weighted by Gasteiger charge is -2.17. The van der Waals surface area contributed by atoms with Gasteiger partial charge in [-0.05, 0) is 15.9 Å². The summed E-state index contributed by atoms with van der Waals surface area (Å²) in [7, 11) is 0. The van der Waals surface area contributed by atoms with E-state index in [-0.39, 0.29) is 6.61 Å². The molecule has 1 aliphatic rings. The van der Waals surface area contributed by atoms with Gasteiger partial charge in [-0.25, -0.2) is 9.97 Å². The van der Waals surface area contributed by atoms with Crippen molar-refractivity contribution in [3.63, 3.8) is 0 Å². The highest BCUT2D eigenvalue weighted by Crippen LogP contribution is 2.36. The number of hydrogen-bond donors (Lipinski definition) is 4. The van der Waals surface area contributed by atoms with E-state index >= 15 is 0 Å². The molecule has 4 atom stereocenters. The van der Waals surface area contributed by atoms with Crippen molar-refractivity contribution in [3.05, 3.63) is 17.0 Å². The van der Waals surface area contributed by atoms with Gasteiger partial charge in [-0.2, -0.15) is 0 Å². The molecule has 2 aromatic rings. The number of nitrogen functional groups attached to an aromatic ring is 1. The molecule has 0 aromatic carbocycles. The molecule has 108 valence electrons. The van der Waals surface area contributed by atoms with Crippen molar-refractivity contribution in [3.8, 4) is 0 Å². The average Bonchev–Trinajstić information content (AvgIpc) is 2.90. The number of nitrogens with two attached hydrogens (primary N) is 1. The summed E-state index contributed by atoms with van der Waals surface area (Å²) >= 11 is 3.35. The normalized spacial score (nSPS) is 30.2. The molecule has 3 heterocycles. The number of fused-ring (bicyclic) bond motifs is 1. The van der Waals surface area contributed by atoms with Crippen LogP contribution in [0.5, 0.6) is 0 Å². The summed E-state index contributed by atoms with van der Waals surface area (Å²) in [4.78, 5) is 8.03. The van der Waals surface area contributed by atoms with Gasteiger partial charge in [0.2, 0.25) is 0 Å². The highest BCUT2D eigenvalue weighted by atomic mass is 79.9. The zero-order valence-corrected chi connectivity index (χ0v) is 11.8. The third-order valence-electron chi connectivity index (χ3n) is 3.38. The predicted octanol–water partition coefficient (Wildman–Crippen LogP) is -0.613. The molecule has 20 heavy (non-hydrogen) atoms. The number of halogens is 1. The minimum Gasteiger partial charge on any atom is -0.394 e.